The van der Waals surface area contributed by atoms with Crippen molar-refractivity contribution in [2.75, 3.05) is 31.6 Å². The summed E-state index contributed by atoms with van der Waals surface area (Å²) in [5.74, 6) is 1.11. The summed E-state index contributed by atoms with van der Waals surface area (Å²) >= 11 is 0. The van der Waals surface area contributed by atoms with Gasteiger partial charge in [-0.2, -0.15) is 0 Å². The minimum Gasteiger partial charge on any atom is -0.486 e. The lowest BCUT2D eigenvalue weighted by Crippen LogP contribution is -2.35. The Balaban J connectivity index is 1.42. The monoisotopic (exact) mass is 366 g/mol. The van der Waals surface area contributed by atoms with Gasteiger partial charge in [-0.1, -0.05) is 0 Å². The summed E-state index contributed by atoms with van der Waals surface area (Å²) in [5.41, 5.74) is 1.76. The number of hydrogen-bond acceptors (Lipinski definition) is 4. The van der Waals surface area contributed by atoms with Crippen LogP contribution < -0.4 is 14.8 Å². The zero-order valence-corrected chi connectivity index (χ0v) is 15.1. The van der Waals surface area contributed by atoms with Crippen LogP contribution >= 0.6 is 0 Å². The van der Waals surface area contributed by atoms with Crippen LogP contribution in [0.1, 0.15) is 40.0 Å². The van der Waals surface area contributed by atoms with E-state index < -0.39 is 0 Å². The van der Waals surface area contributed by atoms with Gasteiger partial charge in [-0.3, -0.25) is 9.59 Å². The number of amides is 2. The van der Waals surface area contributed by atoms with Crippen molar-refractivity contribution in [3.05, 3.63) is 53.6 Å². The minimum atomic E-state index is -0.233. The third-order valence-electron chi connectivity index (χ3n) is 4.84. The fraction of sp³-hybridized carbons (Fsp3) is 0.333. The number of nitrogens with one attached hydrogen (secondary N) is 1. The van der Waals surface area contributed by atoms with Crippen LogP contribution in [-0.4, -0.2) is 43.0 Å². The predicted octanol–water partition coefficient (Wildman–Crippen LogP) is 3.34. The molecule has 6 heteroatoms. The first-order valence-electron chi connectivity index (χ1n) is 9.31. The first-order valence-corrected chi connectivity index (χ1v) is 9.31. The van der Waals surface area contributed by atoms with Crippen molar-refractivity contribution in [1.82, 2.24) is 4.90 Å². The number of likely N-dealkylation sites (tertiary alicyclic amines) is 1. The Kier molecular flexibility index (Phi) is 4.96. The van der Waals surface area contributed by atoms with Crippen LogP contribution in [0.25, 0.3) is 0 Å². The zero-order valence-electron chi connectivity index (χ0n) is 15.1. The Bertz CT molecular complexity index is 842. The number of carbonyl (C=O) groups is 2. The summed E-state index contributed by atoms with van der Waals surface area (Å²) in [4.78, 5) is 26.9. The summed E-state index contributed by atoms with van der Waals surface area (Å²) in [5, 5.41) is 2.85. The summed E-state index contributed by atoms with van der Waals surface area (Å²) < 4.78 is 11.0. The van der Waals surface area contributed by atoms with Crippen LogP contribution in [0.3, 0.4) is 0 Å². The van der Waals surface area contributed by atoms with Gasteiger partial charge in [-0.15, -0.1) is 0 Å². The molecule has 2 aromatic carbocycles. The molecular formula is C21H22N2O4. The Morgan fingerprint density at radius 2 is 1.48 bits per heavy atom. The number of rotatable bonds is 3. The van der Waals surface area contributed by atoms with E-state index >= 15 is 0 Å². The first-order chi connectivity index (χ1) is 13.2. The molecule has 0 aromatic heterocycles. The molecule has 2 aliphatic heterocycles. The molecule has 0 unspecified atom stereocenters. The molecule has 2 amide bonds. The zero-order chi connectivity index (χ0) is 18.6. The number of benzene rings is 2. The largest absolute Gasteiger partial charge is 0.486 e. The highest BCUT2D eigenvalue weighted by atomic mass is 16.6. The molecular weight excluding hydrogens is 344 g/mol. The molecule has 1 saturated heterocycles. The van der Waals surface area contributed by atoms with Crippen LogP contribution in [0.2, 0.25) is 0 Å². The van der Waals surface area contributed by atoms with Gasteiger partial charge in [0.1, 0.15) is 13.2 Å². The van der Waals surface area contributed by atoms with Gasteiger partial charge in [0.15, 0.2) is 11.5 Å². The summed E-state index contributed by atoms with van der Waals surface area (Å²) in [6, 6.07) is 12.1. The molecule has 1 N–H and O–H groups in total. The van der Waals surface area contributed by atoms with E-state index in [1.54, 1.807) is 42.5 Å². The van der Waals surface area contributed by atoms with E-state index in [9.17, 15) is 9.59 Å². The van der Waals surface area contributed by atoms with Crippen molar-refractivity contribution in [2.45, 2.75) is 19.3 Å². The minimum absolute atomic E-state index is 0.0356. The number of nitrogens with zero attached hydrogens (tertiary/aromatic N) is 1. The molecule has 0 spiro atoms. The van der Waals surface area contributed by atoms with Gasteiger partial charge >= 0.3 is 0 Å². The second kappa shape index (κ2) is 7.70. The number of fused-ring (bicyclic) bond motifs is 1. The summed E-state index contributed by atoms with van der Waals surface area (Å²) in [6.07, 6.45) is 3.30. The molecule has 0 radical (unpaired) electrons. The number of hydrogen-bond donors (Lipinski definition) is 1. The molecule has 27 heavy (non-hydrogen) atoms. The van der Waals surface area contributed by atoms with Crippen LogP contribution in [0, 0.1) is 0 Å². The Morgan fingerprint density at radius 3 is 2.22 bits per heavy atom. The molecule has 2 heterocycles. The molecule has 0 bridgehead atoms. The summed E-state index contributed by atoms with van der Waals surface area (Å²) in [7, 11) is 0. The highest BCUT2D eigenvalue weighted by Gasteiger charge is 2.19. The van der Waals surface area contributed by atoms with Crippen molar-refractivity contribution in [3.8, 4) is 11.5 Å². The average Bonchev–Trinajstić information content (AvgIpc) is 2.74. The molecule has 1 fully saturated rings. The van der Waals surface area contributed by atoms with E-state index in [4.69, 9.17) is 9.47 Å². The topological polar surface area (TPSA) is 67.9 Å². The fourth-order valence-corrected chi connectivity index (χ4v) is 3.37. The highest BCUT2D eigenvalue weighted by molar-refractivity contribution is 6.05. The van der Waals surface area contributed by atoms with Crippen LogP contribution in [0.4, 0.5) is 5.69 Å². The molecule has 140 valence electrons. The lowest BCUT2D eigenvalue weighted by atomic mass is 10.1. The quantitative estimate of drug-likeness (QED) is 0.905. The molecule has 6 nitrogen and oxygen atoms in total. The van der Waals surface area contributed by atoms with Crippen LogP contribution in [0.5, 0.6) is 11.5 Å². The summed E-state index contributed by atoms with van der Waals surface area (Å²) in [6.45, 7) is 2.65. The van der Waals surface area contributed by atoms with E-state index in [0.717, 1.165) is 25.9 Å². The third kappa shape index (κ3) is 3.89. The van der Waals surface area contributed by atoms with Gasteiger partial charge in [0.2, 0.25) is 0 Å². The molecule has 0 aliphatic carbocycles. The Labute approximate surface area is 158 Å². The predicted molar refractivity (Wildman–Crippen MR) is 102 cm³/mol. The number of anilines is 1. The van der Waals surface area contributed by atoms with Gasteiger partial charge < -0.3 is 19.7 Å². The number of ether oxygens (including phenoxy) is 2. The third-order valence-corrected chi connectivity index (χ3v) is 4.84. The average molecular weight is 366 g/mol. The SMILES string of the molecule is O=C(Nc1ccc2c(c1)OCCO2)c1ccc(C(=O)N2CCCCC2)cc1. The van der Waals surface area contributed by atoms with E-state index in [2.05, 4.69) is 5.32 Å². The number of carbonyl (C=O) groups excluding carboxylic acids is 2. The maximum Gasteiger partial charge on any atom is 0.255 e. The second-order valence-electron chi connectivity index (χ2n) is 6.74. The maximum absolute atomic E-state index is 12.5. The fourth-order valence-electron chi connectivity index (χ4n) is 3.37. The molecule has 2 aliphatic rings. The highest BCUT2D eigenvalue weighted by Crippen LogP contribution is 2.32. The molecule has 4 rings (SSSR count). The first kappa shape index (κ1) is 17.4. The van der Waals surface area contributed by atoms with E-state index in [1.165, 1.54) is 6.42 Å². The lowest BCUT2D eigenvalue weighted by molar-refractivity contribution is 0.0724. The van der Waals surface area contributed by atoms with Crippen molar-refractivity contribution < 1.29 is 19.1 Å². The molecule has 0 saturated carbocycles. The Hall–Kier alpha value is -3.02. The number of piperidine rings is 1. The second-order valence-corrected chi connectivity index (χ2v) is 6.74. The van der Waals surface area contributed by atoms with Gasteiger partial charge in [0.25, 0.3) is 11.8 Å². The molecule has 0 atom stereocenters. The van der Waals surface area contributed by atoms with Gasteiger partial charge in [0, 0.05) is 36.0 Å². The Morgan fingerprint density at radius 1 is 0.815 bits per heavy atom. The van der Waals surface area contributed by atoms with E-state index in [-0.39, 0.29) is 11.8 Å². The van der Waals surface area contributed by atoms with Gasteiger partial charge in [-0.25, -0.2) is 0 Å². The standard InChI is InChI=1S/C21H22N2O4/c24-20(22-17-8-9-18-19(14-17)27-13-12-26-18)15-4-6-16(7-5-15)21(25)23-10-2-1-3-11-23/h4-9,14H,1-3,10-13H2,(H,22,24). The normalized spacial score (nSPS) is 15.9. The van der Waals surface area contributed by atoms with Crippen molar-refractivity contribution in [1.29, 1.82) is 0 Å². The van der Waals surface area contributed by atoms with E-state index in [0.29, 0.717) is 41.5 Å². The molecule has 2 aromatic rings. The van der Waals surface area contributed by atoms with Crippen molar-refractivity contribution in [3.63, 3.8) is 0 Å². The maximum atomic E-state index is 12.5. The van der Waals surface area contributed by atoms with Gasteiger partial charge in [0.05, 0.1) is 0 Å². The van der Waals surface area contributed by atoms with Crippen molar-refractivity contribution in [2.24, 2.45) is 0 Å². The van der Waals surface area contributed by atoms with Crippen LogP contribution in [-0.2, 0) is 0 Å². The van der Waals surface area contributed by atoms with Gasteiger partial charge in [-0.05, 0) is 55.7 Å². The lowest BCUT2D eigenvalue weighted by Gasteiger charge is -2.26. The van der Waals surface area contributed by atoms with Crippen LogP contribution in [0.15, 0.2) is 42.5 Å². The smallest absolute Gasteiger partial charge is 0.255 e. The van der Waals surface area contributed by atoms with E-state index in [1.807, 2.05) is 4.90 Å². The van der Waals surface area contributed by atoms with Crippen molar-refractivity contribution >= 4 is 17.5 Å².